The third-order valence-electron chi connectivity index (χ3n) is 3.38. The molecule has 0 fully saturated rings. The Bertz CT molecular complexity index is 605. The first-order valence-electron chi connectivity index (χ1n) is 7.52. The minimum Gasteiger partial charge on any atom is -0.452 e. The molecule has 2 rings (SSSR count). The molecule has 1 N–H and O–H groups in total. The summed E-state index contributed by atoms with van der Waals surface area (Å²) in [5.74, 6) is -0.483. The zero-order valence-corrected chi connectivity index (χ0v) is 14.0. The summed E-state index contributed by atoms with van der Waals surface area (Å²) >= 11 is 1.49. The van der Waals surface area contributed by atoms with Gasteiger partial charge in [0, 0.05) is 18.0 Å². The summed E-state index contributed by atoms with van der Waals surface area (Å²) in [6.07, 6.45) is -0.781. The zero-order valence-electron chi connectivity index (χ0n) is 13.2. The van der Waals surface area contributed by atoms with E-state index in [9.17, 15) is 14.4 Å². The molecule has 1 aliphatic rings. The lowest BCUT2D eigenvalue weighted by molar-refractivity contribution is -0.154. The summed E-state index contributed by atoms with van der Waals surface area (Å²) in [4.78, 5) is 38.1. The molecule has 0 spiro atoms. The molecule has 1 atom stereocenters. The van der Waals surface area contributed by atoms with Crippen LogP contribution in [0.5, 0.6) is 0 Å². The minimum atomic E-state index is -0.831. The van der Waals surface area contributed by atoms with Gasteiger partial charge in [-0.05, 0) is 26.0 Å². The number of ether oxygens (including phenoxy) is 1. The Morgan fingerprint density at radius 3 is 2.87 bits per heavy atom. The first kappa shape index (κ1) is 17.3. The van der Waals surface area contributed by atoms with Crippen molar-refractivity contribution in [1.29, 1.82) is 0 Å². The number of anilines is 1. The van der Waals surface area contributed by atoms with Gasteiger partial charge in [0.05, 0.1) is 17.9 Å². The van der Waals surface area contributed by atoms with Crippen LogP contribution < -0.4 is 10.2 Å². The number of rotatable bonds is 6. The lowest BCUT2D eigenvalue weighted by atomic mass is 10.2. The minimum absolute atomic E-state index is 0.0294. The van der Waals surface area contributed by atoms with Crippen molar-refractivity contribution >= 4 is 35.2 Å². The number of nitrogens with one attached hydrogen (secondary N) is 1. The second-order valence-electron chi connectivity index (χ2n) is 5.08. The third-order valence-corrected chi connectivity index (χ3v) is 4.42. The summed E-state index contributed by atoms with van der Waals surface area (Å²) in [6, 6.07) is 7.60. The van der Waals surface area contributed by atoms with Gasteiger partial charge in [0.25, 0.3) is 5.91 Å². The Balaban J connectivity index is 1.91. The number of esters is 1. The molecule has 0 radical (unpaired) electrons. The van der Waals surface area contributed by atoms with Crippen molar-refractivity contribution in [3.8, 4) is 0 Å². The first-order chi connectivity index (χ1) is 11.0. The van der Waals surface area contributed by atoms with Gasteiger partial charge in [0.1, 0.15) is 0 Å². The van der Waals surface area contributed by atoms with E-state index in [1.807, 2.05) is 24.3 Å². The van der Waals surface area contributed by atoms with E-state index >= 15 is 0 Å². The van der Waals surface area contributed by atoms with Crippen molar-refractivity contribution in [2.45, 2.75) is 31.3 Å². The fourth-order valence-corrected chi connectivity index (χ4v) is 3.17. The van der Waals surface area contributed by atoms with Crippen molar-refractivity contribution in [3.05, 3.63) is 24.3 Å². The van der Waals surface area contributed by atoms with Crippen molar-refractivity contribution in [1.82, 2.24) is 5.32 Å². The molecule has 6 nitrogen and oxygen atoms in total. The summed E-state index contributed by atoms with van der Waals surface area (Å²) < 4.78 is 5.08. The van der Waals surface area contributed by atoms with E-state index in [0.29, 0.717) is 12.3 Å². The van der Waals surface area contributed by atoms with Crippen molar-refractivity contribution < 1.29 is 19.1 Å². The standard InChI is InChI=1S/C16H20N2O4S/c1-3-17-16(21)11(2)22-15(20)8-9-18-12-6-4-5-7-13(12)23-10-14(18)19/h4-7,11H,3,8-10H2,1-2H3,(H,17,21)/t11-/m1/s1. The smallest absolute Gasteiger partial charge is 0.308 e. The van der Waals surface area contributed by atoms with Crippen LogP contribution >= 0.6 is 11.8 Å². The van der Waals surface area contributed by atoms with Gasteiger partial charge in [-0.15, -0.1) is 11.8 Å². The van der Waals surface area contributed by atoms with Gasteiger partial charge in [-0.3, -0.25) is 14.4 Å². The van der Waals surface area contributed by atoms with Gasteiger partial charge in [-0.25, -0.2) is 0 Å². The van der Waals surface area contributed by atoms with Crippen LogP contribution in [-0.2, 0) is 19.1 Å². The molecule has 0 bridgehead atoms. The highest BCUT2D eigenvalue weighted by Crippen LogP contribution is 2.34. The second-order valence-corrected chi connectivity index (χ2v) is 6.10. The van der Waals surface area contributed by atoms with E-state index in [1.165, 1.54) is 18.7 Å². The molecule has 7 heteroatoms. The summed E-state index contributed by atoms with van der Waals surface area (Å²) in [6.45, 7) is 4.06. The maximum Gasteiger partial charge on any atom is 0.308 e. The molecule has 0 aromatic heterocycles. The Hall–Kier alpha value is -2.02. The molecule has 23 heavy (non-hydrogen) atoms. The Morgan fingerprint density at radius 1 is 1.39 bits per heavy atom. The third kappa shape index (κ3) is 4.48. The number of likely N-dealkylation sites (N-methyl/N-ethyl adjacent to an activating group) is 1. The molecule has 2 amide bonds. The number of thioether (sulfide) groups is 1. The van der Waals surface area contributed by atoms with Crippen molar-refractivity contribution in [2.24, 2.45) is 0 Å². The zero-order chi connectivity index (χ0) is 16.8. The largest absolute Gasteiger partial charge is 0.452 e. The van der Waals surface area contributed by atoms with E-state index in [1.54, 1.807) is 11.8 Å². The molecule has 0 saturated heterocycles. The van der Waals surface area contributed by atoms with Crippen LogP contribution in [0.2, 0.25) is 0 Å². The number of carbonyl (C=O) groups is 3. The van der Waals surface area contributed by atoms with E-state index in [2.05, 4.69) is 5.32 Å². The highest BCUT2D eigenvalue weighted by Gasteiger charge is 2.25. The number of hydrogen-bond donors (Lipinski definition) is 1. The average molecular weight is 336 g/mol. The highest BCUT2D eigenvalue weighted by molar-refractivity contribution is 8.00. The molecule has 1 heterocycles. The Labute approximate surface area is 139 Å². The monoisotopic (exact) mass is 336 g/mol. The van der Waals surface area contributed by atoms with Crippen LogP contribution in [0, 0.1) is 0 Å². The van der Waals surface area contributed by atoms with Crippen LogP contribution in [0.1, 0.15) is 20.3 Å². The number of fused-ring (bicyclic) bond motifs is 1. The predicted octanol–water partition coefficient (Wildman–Crippen LogP) is 1.58. The van der Waals surface area contributed by atoms with Crippen molar-refractivity contribution in [2.75, 3.05) is 23.7 Å². The summed E-state index contributed by atoms with van der Waals surface area (Å²) in [5.41, 5.74) is 0.818. The molecule has 0 saturated carbocycles. The number of benzene rings is 1. The van der Waals surface area contributed by atoms with E-state index in [4.69, 9.17) is 4.74 Å². The van der Waals surface area contributed by atoms with Gasteiger partial charge >= 0.3 is 5.97 Å². The summed E-state index contributed by atoms with van der Waals surface area (Å²) in [5, 5.41) is 2.59. The Morgan fingerprint density at radius 2 is 2.13 bits per heavy atom. The topological polar surface area (TPSA) is 75.7 Å². The van der Waals surface area contributed by atoms with Gasteiger partial charge < -0.3 is 15.0 Å². The average Bonchev–Trinajstić information content (AvgIpc) is 2.54. The second kappa shape index (κ2) is 8.01. The van der Waals surface area contributed by atoms with Crippen LogP contribution in [0.3, 0.4) is 0 Å². The quantitative estimate of drug-likeness (QED) is 0.798. The highest BCUT2D eigenvalue weighted by atomic mass is 32.2. The maximum atomic E-state index is 12.1. The number of nitrogens with zero attached hydrogens (tertiary/aromatic N) is 1. The SMILES string of the molecule is CCNC(=O)[C@@H](C)OC(=O)CCN1C(=O)CSc2ccccc21. The molecule has 124 valence electrons. The number of hydrogen-bond acceptors (Lipinski definition) is 5. The molecule has 0 unspecified atom stereocenters. The number of carbonyl (C=O) groups excluding carboxylic acids is 3. The van der Waals surface area contributed by atoms with E-state index < -0.39 is 12.1 Å². The summed E-state index contributed by atoms with van der Waals surface area (Å²) in [7, 11) is 0. The maximum absolute atomic E-state index is 12.1. The molecule has 0 aliphatic carbocycles. The van der Waals surface area contributed by atoms with Crippen LogP contribution in [0.15, 0.2) is 29.2 Å². The van der Waals surface area contributed by atoms with Gasteiger partial charge in [0.15, 0.2) is 6.10 Å². The molecule has 1 aromatic rings. The number of amides is 2. The fourth-order valence-electron chi connectivity index (χ4n) is 2.23. The first-order valence-corrected chi connectivity index (χ1v) is 8.51. The van der Waals surface area contributed by atoms with Gasteiger partial charge in [-0.1, -0.05) is 12.1 Å². The lowest BCUT2D eigenvalue weighted by Crippen LogP contribution is -2.38. The lowest BCUT2D eigenvalue weighted by Gasteiger charge is -2.28. The Kier molecular flexibility index (Phi) is 6.04. The van der Waals surface area contributed by atoms with E-state index in [0.717, 1.165) is 10.6 Å². The van der Waals surface area contributed by atoms with Crippen molar-refractivity contribution in [3.63, 3.8) is 0 Å². The fraction of sp³-hybridized carbons (Fsp3) is 0.438. The molecular weight excluding hydrogens is 316 g/mol. The van der Waals surface area contributed by atoms with Crippen LogP contribution in [-0.4, -0.2) is 42.7 Å². The van der Waals surface area contributed by atoms with Gasteiger partial charge in [0.2, 0.25) is 5.91 Å². The van der Waals surface area contributed by atoms with Crippen LogP contribution in [0.25, 0.3) is 0 Å². The predicted molar refractivity (Wildman–Crippen MR) is 88.4 cm³/mol. The normalized spacial score (nSPS) is 14.9. The van der Waals surface area contributed by atoms with Crippen LogP contribution in [0.4, 0.5) is 5.69 Å². The molecule has 1 aliphatic heterocycles. The molecular formula is C16H20N2O4S. The number of para-hydroxylation sites is 1. The van der Waals surface area contributed by atoms with Gasteiger partial charge in [-0.2, -0.15) is 0 Å². The molecule has 1 aromatic carbocycles. The van der Waals surface area contributed by atoms with E-state index in [-0.39, 0.29) is 24.8 Å².